The predicted molar refractivity (Wildman–Crippen MR) is 115 cm³/mol. The van der Waals surface area contributed by atoms with Crippen molar-refractivity contribution < 1.29 is 4.79 Å². The van der Waals surface area contributed by atoms with Crippen molar-refractivity contribution in [2.24, 2.45) is 0 Å². The Labute approximate surface area is 174 Å². The van der Waals surface area contributed by atoms with Crippen LogP contribution >= 0.6 is 23.4 Å². The van der Waals surface area contributed by atoms with Gasteiger partial charge in [-0.25, -0.2) is 0 Å². The molecule has 0 spiro atoms. The number of carbonyl (C=O) groups excluding carboxylic acids is 1. The first-order valence-corrected chi connectivity index (χ1v) is 10.7. The fourth-order valence-corrected chi connectivity index (χ4v) is 3.74. The molecule has 0 aliphatic carbocycles. The summed E-state index contributed by atoms with van der Waals surface area (Å²) in [6, 6.07) is 17.6. The number of hydrogen-bond acceptors (Lipinski definition) is 4. The number of aromatic nitrogens is 3. The summed E-state index contributed by atoms with van der Waals surface area (Å²) >= 11 is 7.43. The van der Waals surface area contributed by atoms with Crippen molar-refractivity contribution >= 4 is 29.3 Å². The molecule has 3 aromatic rings. The van der Waals surface area contributed by atoms with Crippen molar-refractivity contribution in [3.05, 3.63) is 59.6 Å². The molecule has 0 unspecified atom stereocenters. The molecule has 0 atom stereocenters. The zero-order chi connectivity index (χ0) is 19.9. The summed E-state index contributed by atoms with van der Waals surface area (Å²) in [5, 5.41) is 13.1. The van der Waals surface area contributed by atoms with E-state index in [2.05, 4.69) is 29.4 Å². The Kier molecular flexibility index (Phi) is 7.12. The first-order chi connectivity index (χ1) is 13.6. The molecule has 1 N–H and O–H groups in total. The molecular formula is C21H23ClN4OS. The van der Waals surface area contributed by atoms with Gasteiger partial charge in [-0.3, -0.25) is 9.36 Å². The van der Waals surface area contributed by atoms with Gasteiger partial charge in [-0.15, -0.1) is 10.2 Å². The van der Waals surface area contributed by atoms with Crippen LogP contribution < -0.4 is 5.32 Å². The van der Waals surface area contributed by atoms with Gasteiger partial charge in [-0.05, 0) is 37.1 Å². The Morgan fingerprint density at radius 2 is 1.75 bits per heavy atom. The highest BCUT2D eigenvalue weighted by atomic mass is 35.5. The number of amides is 1. The third-order valence-electron chi connectivity index (χ3n) is 4.43. The van der Waals surface area contributed by atoms with Gasteiger partial charge >= 0.3 is 0 Å². The van der Waals surface area contributed by atoms with Gasteiger partial charge in [0.05, 0.1) is 5.75 Å². The number of carbonyl (C=O) groups is 1. The van der Waals surface area contributed by atoms with Gasteiger partial charge < -0.3 is 5.32 Å². The number of halogens is 1. The summed E-state index contributed by atoms with van der Waals surface area (Å²) < 4.78 is 1.96. The number of rotatable bonds is 8. The third-order valence-corrected chi connectivity index (χ3v) is 5.61. The van der Waals surface area contributed by atoms with Crippen LogP contribution in [0, 0.1) is 0 Å². The van der Waals surface area contributed by atoms with E-state index in [-0.39, 0.29) is 17.7 Å². The largest absolute Gasteiger partial charge is 0.353 e. The Bertz CT molecular complexity index is 908. The molecule has 0 radical (unpaired) electrons. The second kappa shape index (κ2) is 9.75. The summed E-state index contributed by atoms with van der Waals surface area (Å²) in [5.74, 6) is 1.02. The fraction of sp³-hybridized carbons (Fsp3) is 0.286. The second-order valence-corrected chi connectivity index (χ2v) is 7.73. The van der Waals surface area contributed by atoms with Crippen LogP contribution in [-0.2, 0) is 4.79 Å². The van der Waals surface area contributed by atoms with E-state index in [9.17, 15) is 4.79 Å². The minimum Gasteiger partial charge on any atom is -0.353 e. The maximum Gasteiger partial charge on any atom is 0.230 e. The summed E-state index contributed by atoms with van der Waals surface area (Å²) in [6.45, 7) is 4.15. The van der Waals surface area contributed by atoms with E-state index in [0.29, 0.717) is 10.2 Å². The minimum atomic E-state index is 0.00520. The molecular weight excluding hydrogens is 392 g/mol. The van der Waals surface area contributed by atoms with Crippen LogP contribution in [0.25, 0.3) is 17.1 Å². The van der Waals surface area contributed by atoms with Crippen molar-refractivity contribution in [3.8, 4) is 17.1 Å². The molecule has 1 aromatic heterocycles. The predicted octanol–water partition coefficient (Wildman–Crippen LogP) is 4.98. The van der Waals surface area contributed by atoms with Crippen LogP contribution in [0.4, 0.5) is 0 Å². The normalized spacial score (nSPS) is 11.0. The van der Waals surface area contributed by atoms with Gasteiger partial charge in [-0.1, -0.05) is 67.5 Å². The van der Waals surface area contributed by atoms with Crippen LogP contribution in [-0.4, -0.2) is 32.5 Å². The van der Waals surface area contributed by atoms with E-state index in [1.165, 1.54) is 11.8 Å². The highest BCUT2D eigenvalue weighted by Gasteiger charge is 2.18. The highest BCUT2D eigenvalue weighted by Crippen LogP contribution is 2.28. The van der Waals surface area contributed by atoms with Crippen molar-refractivity contribution in [1.29, 1.82) is 0 Å². The fourth-order valence-electron chi connectivity index (χ4n) is 2.85. The van der Waals surface area contributed by atoms with Crippen LogP contribution in [0.2, 0.25) is 5.02 Å². The van der Waals surface area contributed by atoms with Gasteiger partial charge in [0.15, 0.2) is 11.0 Å². The molecule has 0 aliphatic rings. The van der Waals surface area contributed by atoms with Crippen molar-refractivity contribution in [3.63, 3.8) is 0 Å². The van der Waals surface area contributed by atoms with Gasteiger partial charge in [0.25, 0.3) is 0 Å². The molecule has 1 amide bonds. The SMILES string of the molecule is CCC(CC)NC(=O)CSc1nnc(-c2ccccc2)n1-c1ccc(Cl)cc1. The van der Waals surface area contributed by atoms with E-state index in [1.807, 2.05) is 59.2 Å². The standard InChI is InChI=1S/C21H23ClN4OS/c1-3-17(4-2)23-19(27)14-28-21-25-24-20(15-8-6-5-7-9-15)26(21)18-12-10-16(22)11-13-18/h5-13,17H,3-4,14H2,1-2H3,(H,23,27). The van der Waals surface area contributed by atoms with E-state index in [4.69, 9.17) is 11.6 Å². The molecule has 3 rings (SSSR count). The van der Waals surface area contributed by atoms with E-state index >= 15 is 0 Å². The maximum absolute atomic E-state index is 12.3. The average molecular weight is 415 g/mol. The summed E-state index contributed by atoms with van der Waals surface area (Å²) in [4.78, 5) is 12.3. The Hall–Kier alpha value is -2.31. The van der Waals surface area contributed by atoms with Gasteiger partial charge in [0.2, 0.25) is 5.91 Å². The molecule has 7 heteroatoms. The molecule has 5 nitrogen and oxygen atoms in total. The molecule has 0 bridgehead atoms. The molecule has 0 saturated carbocycles. The zero-order valence-electron chi connectivity index (χ0n) is 15.9. The lowest BCUT2D eigenvalue weighted by Crippen LogP contribution is -2.35. The monoisotopic (exact) mass is 414 g/mol. The Morgan fingerprint density at radius 1 is 1.07 bits per heavy atom. The highest BCUT2D eigenvalue weighted by molar-refractivity contribution is 7.99. The lowest BCUT2D eigenvalue weighted by Gasteiger charge is -2.14. The maximum atomic E-state index is 12.3. The molecule has 0 saturated heterocycles. The quantitative estimate of drug-likeness (QED) is 0.528. The van der Waals surface area contributed by atoms with Gasteiger partial charge in [0.1, 0.15) is 0 Å². The van der Waals surface area contributed by atoms with E-state index in [1.54, 1.807) is 0 Å². The van der Waals surface area contributed by atoms with Crippen LogP contribution in [0.1, 0.15) is 26.7 Å². The van der Waals surface area contributed by atoms with E-state index in [0.717, 1.165) is 29.9 Å². The zero-order valence-corrected chi connectivity index (χ0v) is 17.5. The number of thioether (sulfide) groups is 1. The first-order valence-electron chi connectivity index (χ1n) is 9.31. The Morgan fingerprint density at radius 3 is 2.39 bits per heavy atom. The second-order valence-electron chi connectivity index (χ2n) is 6.35. The average Bonchev–Trinajstić information content (AvgIpc) is 3.15. The van der Waals surface area contributed by atoms with Crippen LogP contribution in [0.5, 0.6) is 0 Å². The van der Waals surface area contributed by atoms with E-state index < -0.39 is 0 Å². The minimum absolute atomic E-state index is 0.00520. The third kappa shape index (κ3) is 4.94. The molecule has 0 aliphatic heterocycles. The number of nitrogens with one attached hydrogen (secondary N) is 1. The molecule has 1 heterocycles. The number of nitrogens with zero attached hydrogens (tertiary/aromatic N) is 3. The van der Waals surface area contributed by atoms with Crippen molar-refractivity contribution in [2.45, 2.75) is 37.9 Å². The summed E-state index contributed by atoms with van der Waals surface area (Å²) in [6.07, 6.45) is 1.85. The van der Waals surface area contributed by atoms with Crippen molar-refractivity contribution in [2.75, 3.05) is 5.75 Å². The topological polar surface area (TPSA) is 59.8 Å². The smallest absolute Gasteiger partial charge is 0.230 e. The summed E-state index contributed by atoms with van der Waals surface area (Å²) in [5.41, 5.74) is 1.86. The first kappa shape index (κ1) is 20.4. The lowest BCUT2D eigenvalue weighted by molar-refractivity contribution is -0.119. The van der Waals surface area contributed by atoms with Gasteiger partial charge in [-0.2, -0.15) is 0 Å². The number of hydrogen-bond donors (Lipinski definition) is 1. The van der Waals surface area contributed by atoms with Crippen LogP contribution in [0.15, 0.2) is 59.8 Å². The molecule has 2 aromatic carbocycles. The van der Waals surface area contributed by atoms with Crippen LogP contribution in [0.3, 0.4) is 0 Å². The molecule has 0 fully saturated rings. The Balaban J connectivity index is 1.88. The molecule has 28 heavy (non-hydrogen) atoms. The number of benzene rings is 2. The lowest BCUT2D eigenvalue weighted by atomic mass is 10.2. The summed E-state index contributed by atoms with van der Waals surface area (Å²) in [7, 11) is 0. The van der Waals surface area contributed by atoms with Gasteiger partial charge in [0, 0.05) is 22.3 Å². The van der Waals surface area contributed by atoms with Crippen molar-refractivity contribution in [1.82, 2.24) is 20.1 Å². The molecule has 146 valence electrons.